The molecular weight excluding hydrogens is 488 g/mol. The average Bonchev–Trinajstić information content (AvgIpc) is 3.01. The first kappa shape index (κ1) is 22.5. The highest BCUT2D eigenvalue weighted by Crippen LogP contribution is 2.29. The molecule has 0 unspecified atom stereocenters. The number of methoxy groups -OCH3 is 1. The van der Waals surface area contributed by atoms with Crippen molar-refractivity contribution in [2.75, 3.05) is 7.11 Å². The molecule has 1 heterocycles. The minimum absolute atomic E-state index is 0.0729. The van der Waals surface area contributed by atoms with Crippen LogP contribution in [0.25, 0.3) is 5.69 Å². The fourth-order valence-corrected chi connectivity index (χ4v) is 3.72. The first-order valence-electron chi connectivity index (χ1n) is 9.03. The lowest BCUT2D eigenvalue weighted by atomic mass is 10.2. The summed E-state index contributed by atoms with van der Waals surface area (Å²) in [4.78, 5) is 23.2. The van der Waals surface area contributed by atoms with Gasteiger partial charge in [-0.3, -0.25) is 14.9 Å². The van der Waals surface area contributed by atoms with Gasteiger partial charge in [0.1, 0.15) is 10.8 Å². The molecule has 1 N–H and O–H groups in total. The zero-order chi connectivity index (χ0) is 22.7. The lowest BCUT2D eigenvalue weighted by Gasteiger charge is -2.10. The normalized spacial score (nSPS) is 11.0. The Morgan fingerprint density at radius 1 is 1.26 bits per heavy atom. The van der Waals surface area contributed by atoms with Crippen molar-refractivity contribution in [3.8, 4) is 11.4 Å². The molecule has 0 radical (unpaired) electrons. The Labute approximate surface area is 191 Å². The number of hydrazone groups is 1. The Bertz CT molecular complexity index is 1210. The molecule has 0 saturated carbocycles. The highest BCUT2D eigenvalue weighted by molar-refractivity contribution is 9.10. The number of ether oxygens (including phenoxy) is 1. The number of carbonyl (C=O) groups excluding carboxylic acids is 1. The lowest BCUT2D eigenvalue weighted by molar-refractivity contribution is -0.384. The van der Waals surface area contributed by atoms with E-state index >= 15 is 0 Å². The van der Waals surface area contributed by atoms with Crippen molar-refractivity contribution in [1.82, 2.24) is 9.99 Å². The highest BCUT2D eigenvalue weighted by Gasteiger charge is 2.17. The number of benzene rings is 2. The van der Waals surface area contributed by atoms with Crippen LogP contribution in [0.3, 0.4) is 0 Å². The fraction of sp³-hybridized carbons (Fsp3) is 0.143. The molecule has 31 heavy (non-hydrogen) atoms. The molecule has 0 spiro atoms. The van der Waals surface area contributed by atoms with Crippen molar-refractivity contribution in [2.24, 2.45) is 5.10 Å². The van der Waals surface area contributed by atoms with E-state index in [0.29, 0.717) is 17.0 Å². The Morgan fingerprint density at radius 2 is 2.00 bits per heavy atom. The molecule has 0 bridgehead atoms. The maximum Gasteiger partial charge on any atom is 0.289 e. The Hall–Kier alpha value is -3.17. The SMILES string of the molecule is COc1ccc(Br)cc1C(=O)N/N=C\c1cc(C)n(-c2ccc(Cl)c([N+](=O)[O-])c2)c1C. The van der Waals surface area contributed by atoms with E-state index in [1.165, 1.54) is 25.5 Å². The molecule has 0 aliphatic rings. The number of halogens is 2. The van der Waals surface area contributed by atoms with Crippen LogP contribution in [-0.4, -0.2) is 28.7 Å². The maximum absolute atomic E-state index is 12.5. The molecule has 1 aromatic heterocycles. The summed E-state index contributed by atoms with van der Waals surface area (Å²) in [6, 6.07) is 11.6. The number of nitro groups is 1. The smallest absolute Gasteiger partial charge is 0.289 e. The number of hydrogen-bond acceptors (Lipinski definition) is 5. The van der Waals surface area contributed by atoms with Gasteiger partial charge in [-0.25, -0.2) is 5.43 Å². The quantitative estimate of drug-likeness (QED) is 0.283. The van der Waals surface area contributed by atoms with E-state index in [2.05, 4.69) is 26.5 Å². The third-order valence-electron chi connectivity index (χ3n) is 4.63. The summed E-state index contributed by atoms with van der Waals surface area (Å²) < 4.78 is 7.80. The van der Waals surface area contributed by atoms with Crippen LogP contribution in [0.1, 0.15) is 27.3 Å². The first-order chi connectivity index (χ1) is 14.7. The molecule has 10 heteroatoms. The highest BCUT2D eigenvalue weighted by atomic mass is 79.9. The van der Waals surface area contributed by atoms with Gasteiger partial charge in [0.25, 0.3) is 11.6 Å². The van der Waals surface area contributed by atoms with E-state index in [4.69, 9.17) is 16.3 Å². The number of nitrogens with zero attached hydrogens (tertiary/aromatic N) is 3. The maximum atomic E-state index is 12.5. The first-order valence-corrected chi connectivity index (χ1v) is 10.2. The predicted octanol–water partition coefficient (Wildman–Crippen LogP) is 5.19. The van der Waals surface area contributed by atoms with Gasteiger partial charge in [0.15, 0.2) is 0 Å². The largest absolute Gasteiger partial charge is 0.496 e. The molecule has 0 atom stereocenters. The molecule has 8 nitrogen and oxygen atoms in total. The summed E-state index contributed by atoms with van der Waals surface area (Å²) in [7, 11) is 1.49. The topological polar surface area (TPSA) is 98.8 Å². The average molecular weight is 506 g/mol. The molecule has 0 saturated heterocycles. The number of carbonyl (C=O) groups is 1. The van der Waals surface area contributed by atoms with Crippen molar-refractivity contribution in [3.05, 3.63) is 84.6 Å². The summed E-state index contributed by atoms with van der Waals surface area (Å²) in [5, 5.41) is 15.3. The second kappa shape index (κ2) is 9.32. The molecular formula is C21H18BrClN4O4. The zero-order valence-electron chi connectivity index (χ0n) is 16.8. The zero-order valence-corrected chi connectivity index (χ0v) is 19.2. The monoisotopic (exact) mass is 504 g/mol. The number of aromatic nitrogens is 1. The van der Waals surface area contributed by atoms with Crippen molar-refractivity contribution < 1.29 is 14.5 Å². The molecule has 0 fully saturated rings. The number of nitrogens with one attached hydrogen (secondary N) is 1. The van der Waals surface area contributed by atoms with Crippen molar-refractivity contribution in [3.63, 3.8) is 0 Å². The van der Waals surface area contributed by atoms with E-state index < -0.39 is 10.8 Å². The van der Waals surface area contributed by atoms with Gasteiger partial charge in [0, 0.05) is 27.5 Å². The third kappa shape index (κ3) is 4.78. The fourth-order valence-electron chi connectivity index (χ4n) is 3.17. The van der Waals surface area contributed by atoms with Gasteiger partial charge in [-0.05, 0) is 50.2 Å². The second-order valence-corrected chi connectivity index (χ2v) is 7.92. The predicted molar refractivity (Wildman–Crippen MR) is 123 cm³/mol. The molecule has 160 valence electrons. The summed E-state index contributed by atoms with van der Waals surface area (Å²) >= 11 is 9.25. The minimum atomic E-state index is -0.520. The van der Waals surface area contributed by atoms with E-state index in [1.54, 1.807) is 24.3 Å². The molecule has 3 rings (SSSR count). The molecule has 0 aliphatic carbocycles. The van der Waals surface area contributed by atoms with Crippen molar-refractivity contribution in [1.29, 1.82) is 0 Å². The third-order valence-corrected chi connectivity index (χ3v) is 5.44. The summed E-state index contributed by atoms with van der Waals surface area (Å²) in [5.74, 6) is 0.00921. The van der Waals surface area contributed by atoms with Crippen LogP contribution in [0.15, 0.2) is 52.0 Å². The van der Waals surface area contributed by atoms with Crippen LogP contribution in [0.4, 0.5) is 5.69 Å². The van der Waals surface area contributed by atoms with E-state index in [9.17, 15) is 14.9 Å². The van der Waals surface area contributed by atoms with Crippen molar-refractivity contribution >= 4 is 45.3 Å². The number of amides is 1. The summed E-state index contributed by atoms with van der Waals surface area (Å²) in [5.41, 5.74) is 5.66. The molecule has 0 aliphatic heterocycles. The number of rotatable bonds is 6. The van der Waals surface area contributed by atoms with Crippen LogP contribution in [0, 0.1) is 24.0 Å². The summed E-state index contributed by atoms with van der Waals surface area (Å²) in [6.07, 6.45) is 1.52. The molecule has 2 aromatic carbocycles. The van der Waals surface area contributed by atoms with Gasteiger partial charge in [0.2, 0.25) is 0 Å². The van der Waals surface area contributed by atoms with Gasteiger partial charge in [-0.1, -0.05) is 27.5 Å². The lowest BCUT2D eigenvalue weighted by Crippen LogP contribution is -2.18. The van der Waals surface area contributed by atoms with Gasteiger partial charge in [0.05, 0.1) is 29.5 Å². The molecule has 1 amide bonds. The minimum Gasteiger partial charge on any atom is -0.496 e. The second-order valence-electron chi connectivity index (χ2n) is 6.60. The van der Waals surface area contributed by atoms with Gasteiger partial charge in [-0.15, -0.1) is 0 Å². The van der Waals surface area contributed by atoms with E-state index in [-0.39, 0.29) is 10.7 Å². The Kier molecular flexibility index (Phi) is 6.77. The van der Waals surface area contributed by atoms with Crippen LogP contribution in [-0.2, 0) is 0 Å². The Morgan fingerprint density at radius 3 is 2.68 bits per heavy atom. The van der Waals surface area contributed by atoms with Crippen LogP contribution >= 0.6 is 27.5 Å². The number of hydrogen-bond donors (Lipinski definition) is 1. The number of nitro benzene ring substituents is 1. The van der Waals surface area contributed by atoms with E-state index in [0.717, 1.165) is 21.4 Å². The van der Waals surface area contributed by atoms with Gasteiger partial charge >= 0.3 is 0 Å². The number of aryl methyl sites for hydroxylation is 1. The van der Waals surface area contributed by atoms with E-state index in [1.807, 2.05) is 24.5 Å². The molecule has 3 aromatic rings. The summed E-state index contributed by atoms with van der Waals surface area (Å²) in [6.45, 7) is 3.73. The van der Waals surface area contributed by atoms with Gasteiger partial charge < -0.3 is 9.30 Å². The van der Waals surface area contributed by atoms with Crippen molar-refractivity contribution in [2.45, 2.75) is 13.8 Å². The Balaban J connectivity index is 1.86. The van der Waals surface area contributed by atoms with Crippen LogP contribution in [0.2, 0.25) is 5.02 Å². The van der Waals surface area contributed by atoms with Crippen LogP contribution < -0.4 is 10.2 Å². The van der Waals surface area contributed by atoms with Gasteiger partial charge in [-0.2, -0.15) is 5.10 Å². The standard InChI is InChI=1S/C21H18BrClN4O4/c1-12-8-14(11-24-25-21(28)17-9-15(22)4-7-20(17)31-3)13(2)26(12)16-5-6-18(23)19(10-16)27(29)30/h4-11H,1-3H3,(H,25,28)/b24-11-. The van der Waals surface area contributed by atoms with Crippen LogP contribution in [0.5, 0.6) is 5.75 Å².